The number of sulfonamides is 1. The number of nitrogens with one attached hydrogen (secondary N) is 1. The number of imidazole rings is 1. The van der Waals surface area contributed by atoms with Crippen LogP contribution in [0.2, 0.25) is 8.67 Å². The Balaban J connectivity index is 1.58. The lowest BCUT2D eigenvalue weighted by molar-refractivity contribution is 0.454. The smallest absolute Gasteiger partial charge is 0.262 e. The summed E-state index contributed by atoms with van der Waals surface area (Å²) >= 11 is 13.6. The third-order valence-electron chi connectivity index (χ3n) is 5.08. The molecule has 0 bridgehead atoms. The molecule has 3 aromatic rings. The molecule has 0 spiro atoms. The Kier molecular flexibility index (Phi) is 6.02. The number of aromatic nitrogens is 2. The van der Waals surface area contributed by atoms with Gasteiger partial charge in [0.15, 0.2) is 5.03 Å². The zero-order valence-corrected chi connectivity index (χ0v) is 18.8. The Morgan fingerprint density at radius 3 is 2.62 bits per heavy atom. The molecule has 2 aromatic heterocycles. The van der Waals surface area contributed by atoms with Crippen LogP contribution in [-0.4, -0.2) is 41.4 Å². The van der Waals surface area contributed by atoms with Crippen LogP contribution in [0.1, 0.15) is 17.0 Å². The lowest BCUT2D eigenvalue weighted by Crippen LogP contribution is -2.36. The molecule has 3 heterocycles. The second kappa shape index (κ2) is 8.37. The van der Waals surface area contributed by atoms with Crippen LogP contribution in [0.3, 0.4) is 0 Å². The topological polar surface area (TPSA) is 67.2 Å². The van der Waals surface area contributed by atoms with Gasteiger partial charge in [0.1, 0.15) is 0 Å². The van der Waals surface area contributed by atoms with Crippen LogP contribution in [0.15, 0.2) is 53.9 Å². The van der Waals surface area contributed by atoms with Crippen LogP contribution < -0.4 is 5.32 Å². The first-order valence-electron chi connectivity index (χ1n) is 9.05. The van der Waals surface area contributed by atoms with E-state index in [1.165, 1.54) is 28.2 Å². The molecule has 1 saturated heterocycles. The van der Waals surface area contributed by atoms with Gasteiger partial charge in [0.25, 0.3) is 10.0 Å². The number of aryl methyl sites for hydroxylation is 1. The summed E-state index contributed by atoms with van der Waals surface area (Å²) in [5.74, 6) is 0.0163. The van der Waals surface area contributed by atoms with E-state index in [1.54, 1.807) is 11.6 Å². The van der Waals surface area contributed by atoms with Gasteiger partial charge in [-0.2, -0.15) is 4.31 Å². The lowest BCUT2D eigenvalue weighted by Gasteiger charge is -2.20. The van der Waals surface area contributed by atoms with Crippen LogP contribution in [0.25, 0.3) is 0 Å². The number of thiophene rings is 1. The lowest BCUT2D eigenvalue weighted by atomic mass is 9.94. The van der Waals surface area contributed by atoms with E-state index in [1.807, 2.05) is 36.4 Å². The quantitative estimate of drug-likeness (QED) is 0.595. The van der Waals surface area contributed by atoms with Crippen LogP contribution in [0.5, 0.6) is 0 Å². The van der Waals surface area contributed by atoms with Gasteiger partial charge in [-0.1, -0.05) is 53.5 Å². The largest absolute Gasteiger partial charge is 0.339 e. The normalized spacial score (nSPS) is 20.4. The van der Waals surface area contributed by atoms with E-state index < -0.39 is 10.0 Å². The molecule has 0 radical (unpaired) electrons. The maximum absolute atomic E-state index is 13.1. The number of hydrogen-bond acceptors (Lipinski definition) is 5. The molecular weight excluding hydrogens is 451 g/mol. The Morgan fingerprint density at radius 1 is 1.24 bits per heavy atom. The Labute approximate surface area is 184 Å². The van der Waals surface area contributed by atoms with Gasteiger partial charge in [-0.15, -0.1) is 11.3 Å². The van der Waals surface area contributed by atoms with Crippen LogP contribution in [0.4, 0.5) is 0 Å². The standard InChI is InChI=1S/C19H20Cl2N4O2S2/c1-24-11-18(23-12-24)29(26,27)25-9-15(13-5-3-2-4-6-13)16(10-25)22-8-14-7-17(20)28-19(14)21/h2-7,11-12,15-16,22H,8-10H2,1H3/t15-,16+/m1/s1. The molecule has 4 rings (SSSR count). The Morgan fingerprint density at radius 2 is 2.00 bits per heavy atom. The minimum Gasteiger partial charge on any atom is -0.339 e. The zero-order chi connectivity index (χ0) is 20.6. The van der Waals surface area contributed by atoms with Gasteiger partial charge in [0.05, 0.1) is 15.0 Å². The minimum atomic E-state index is -3.66. The molecule has 0 unspecified atom stereocenters. The predicted molar refractivity (Wildman–Crippen MR) is 116 cm³/mol. The number of nitrogens with zero attached hydrogens (tertiary/aromatic N) is 3. The predicted octanol–water partition coefficient (Wildman–Crippen LogP) is 3.73. The number of hydrogen-bond donors (Lipinski definition) is 1. The first-order valence-corrected chi connectivity index (χ1v) is 12.1. The second-order valence-electron chi connectivity index (χ2n) is 7.05. The van der Waals surface area contributed by atoms with Crippen molar-refractivity contribution in [1.82, 2.24) is 19.2 Å². The average molecular weight is 471 g/mol. The summed E-state index contributed by atoms with van der Waals surface area (Å²) in [5.41, 5.74) is 2.01. The molecule has 1 aromatic carbocycles. The molecule has 0 saturated carbocycles. The molecule has 1 aliphatic heterocycles. The number of rotatable bonds is 6. The summed E-state index contributed by atoms with van der Waals surface area (Å²) in [5, 5.41) is 3.56. The van der Waals surface area contributed by atoms with Crippen molar-refractivity contribution < 1.29 is 8.42 Å². The van der Waals surface area contributed by atoms with E-state index >= 15 is 0 Å². The van der Waals surface area contributed by atoms with Gasteiger partial charge in [-0.3, -0.25) is 0 Å². The van der Waals surface area contributed by atoms with Crippen molar-refractivity contribution in [3.8, 4) is 0 Å². The van der Waals surface area contributed by atoms with Gasteiger partial charge in [-0.05, 0) is 17.2 Å². The third-order valence-corrected chi connectivity index (χ3v) is 8.37. The highest BCUT2D eigenvalue weighted by atomic mass is 35.5. The van der Waals surface area contributed by atoms with Gasteiger partial charge < -0.3 is 9.88 Å². The monoisotopic (exact) mass is 470 g/mol. The van der Waals surface area contributed by atoms with Crippen LogP contribution in [-0.2, 0) is 23.6 Å². The van der Waals surface area contributed by atoms with Crippen molar-refractivity contribution in [1.29, 1.82) is 0 Å². The second-order valence-corrected chi connectivity index (χ2v) is 11.2. The average Bonchev–Trinajstić information content (AvgIpc) is 3.39. The summed E-state index contributed by atoms with van der Waals surface area (Å²) < 4.78 is 30.6. The minimum absolute atomic E-state index is 0.0163. The van der Waals surface area contributed by atoms with E-state index in [2.05, 4.69) is 10.3 Å². The SMILES string of the molecule is Cn1cnc(S(=O)(=O)N2C[C@H](NCc3cc(Cl)sc3Cl)[C@@H](c3ccccc3)C2)c1. The molecular formula is C19H20Cl2N4O2S2. The Hall–Kier alpha value is -1.42. The van der Waals surface area contributed by atoms with E-state index in [-0.39, 0.29) is 17.0 Å². The van der Waals surface area contributed by atoms with Crippen molar-refractivity contribution in [2.75, 3.05) is 13.1 Å². The fourth-order valence-corrected chi connectivity index (χ4v) is 6.54. The fourth-order valence-electron chi connectivity index (χ4n) is 3.60. The van der Waals surface area contributed by atoms with Gasteiger partial charge in [-0.25, -0.2) is 13.4 Å². The first-order chi connectivity index (χ1) is 13.8. The van der Waals surface area contributed by atoms with Gasteiger partial charge >= 0.3 is 0 Å². The summed E-state index contributed by atoms with van der Waals surface area (Å²) in [6, 6.07) is 11.7. The van der Waals surface area contributed by atoms with E-state index in [0.717, 1.165) is 11.1 Å². The molecule has 1 N–H and O–H groups in total. The van der Waals surface area contributed by atoms with E-state index in [4.69, 9.17) is 23.2 Å². The van der Waals surface area contributed by atoms with Crippen molar-refractivity contribution in [2.45, 2.75) is 23.5 Å². The Bertz CT molecular complexity index is 1100. The molecule has 0 aliphatic carbocycles. The fraction of sp³-hybridized carbons (Fsp3) is 0.316. The van der Waals surface area contributed by atoms with Crippen molar-refractivity contribution in [2.24, 2.45) is 7.05 Å². The highest BCUT2D eigenvalue weighted by Gasteiger charge is 2.40. The summed E-state index contributed by atoms with van der Waals surface area (Å²) in [6.45, 7) is 1.26. The molecule has 1 aliphatic rings. The maximum atomic E-state index is 13.1. The molecule has 6 nitrogen and oxygen atoms in total. The highest BCUT2D eigenvalue weighted by molar-refractivity contribution is 7.89. The molecule has 154 valence electrons. The van der Waals surface area contributed by atoms with Crippen molar-refractivity contribution in [3.05, 3.63) is 68.7 Å². The number of halogens is 2. The van der Waals surface area contributed by atoms with E-state index in [0.29, 0.717) is 28.3 Å². The molecule has 29 heavy (non-hydrogen) atoms. The van der Waals surface area contributed by atoms with Crippen molar-refractivity contribution in [3.63, 3.8) is 0 Å². The van der Waals surface area contributed by atoms with Crippen LogP contribution >= 0.6 is 34.5 Å². The van der Waals surface area contributed by atoms with Crippen molar-refractivity contribution >= 4 is 44.6 Å². The summed E-state index contributed by atoms with van der Waals surface area (Å²) in [6.07, 6.45) is 3.02. The van der Waals surface area contributed by atoms with E-state index in [9.17, 15) is 8.42 Å². The summed E-state index contributed by atoms with van der Waals surface area (Å²) in [4.78, 5) is 4.04. The van der Waals surface area contributed by atoms with Gasteiger partial charge in [0, 0.05) is 44.8 Å². The maximum Gasteiger partial charge on any atom is 0.262 e. The van der Waals surface area contributed by atoms with Gasteiger partial charge in [0.2, 0.25) is 0 Å². The highest BCUT2D eigenvalue weighted by Crippen LogP contribution is 2.34. The van der Waals surface area contributed by atoms with Crippen LogP contribution in [0, 0.1) is 0 Å². The molecule has 0 amide bonds. The molecule has 2 atom stereocenters. The molecule has 1 fully saturated rings. The first kappa shape index (κ1) is 20.8. The summed E-state index contributed by atoms with van der Waals surface area (Å²) in [7, 11) is -1.91. The number of benzene rings is 1. The molecule has 10 heteroatoms. The third kappa shape index (κ3) is 4.38. The zero-order valence-electron chi connectivity index (χ0n) is 15.6.